The van der Waals surface area contributed by atoms with E-state index in [0.717, 1.165) is 25.4 Å². The Balaban J connectivity index is 2.30. The van der Waals surface area contributed by atoms with Crippen molar-refractivity contribution in [3.05, 3.63) is 11.6 Å². The highest BCUT2D eigenvalue weighted by Crippen LogP contribution is 2.55. The Morgan fingerprint density at radius 2 is 2.07 bits per heavy atom. The van der Waals surface area contributed by atoms with Gasteiger partial charge in [0.1, 0.15) is 0 Å². The number of ether oxygens (including phenoxy) is 1. The van der Waals surface area contributed by atoms with Crippen LogP contribution in [0.1, 0.15) is 53.4 Å². The zero-order chi connectivity index (χ0) is 11.1. The lowest BCUT2D eigenvalue weighted by atomic mass is 9.63. The van der Waals surface area contributed by atoms with Gasteiger partial charge in [-0.3, -0.25) is 0 Å². The first kappa shape index (κ1) is 11.2. The molecule has 1 fully saturated rings. The molecule has 0 N–H and O–H groups in total. The number of fused-ring (bicyclic) bond motifs is 1. The molecule has 0 aromatic carbocycles. The van der Waals surface area contributed by atoms with E-state index in [-0.39, 0.29) is 5.60 Å². The third-order valence-corrected chi connectivity index (χ3v) is 4.75. The van der Waals surface area contributed by atoms with Crippen molar-refractivity contribution in [2.24, 2.45) is 11.3 Å². The summed E-state index contributed by atoms with van der Waals surface area (Å²) in [6.07, 6.45) is 7.22. The molecule has 2 aliphatic rings. The predicted octanol–water partition coefficient (Wildman–Crippen LogP) is 3.94. The van der Waals surface area contributed by atoms with Crippen molar-refractivity contribution in [2.75, 3.05) is 6.61 Å². The fraction of sp³-hybridized carbons (Fsp3) is 0.857. The van der Waals surface area contributed by atoms with E-state index in [4.69, 9.17) is 4.74 Å². The van der Waals surface area contributed by atoms with Crippen molar-refractivity contribution < 1.29 is 4.74 Å². The van der Waals surface area contributed by atoms with Crippen LogP contribution in [0.15, 0.2) is 11.6 Å². The van der Waals surface area contributed by atoms with E-state index in [9.17, 15) is 0 Å². The summed E-state index contributed by atoms with van der Waals surface area (Å²) < 4.78 is 6.20. The summed E-state index contributed by atoms with van der Waals surface area (Å²) >= 11 is 0. The Morgan fingerprint density at radius 3 is 2.67 bits per heavy atom. The van der Waals surface area contributed by atoms with Crippen LogP contribution in [-0.2, 0) is 4.74 Å². The van der Waals surface area contributed by atoms with Gasteiger partial charge in [-0.05, 0) is 38.5 Å². The Hall–Kier alpha value is -0.300. The van der Waals surface area contributed by atoms with Gasteiger partial charge >= 0.3 is 0 Å². The van der Waals surface area contributed by atoms with Crippen molar-refractivity contribution in [3.8, 4) is 0 Å². The van der Waals surface area contributed by atoms with E-state index >= 15 is 0 Å². The van der Waals surface area contributed by atoms with Crippen molar-refractivity contribution in [2.45, 2.75) is 59.0 Å². The molecule has 15 heavy (non-hydrogen) atoms. The molecule has 1 heteroatoms. The smallest absolute Gasteiger partial charge is 0.0714 e. The molecule has 1 saturated heterocycles. The quantitative estimate of drug-likeness (QED) is 0.625. The topological polar surface area (TPSA) is 9.23 Å². The molecule has 1 nitrogen and oxygen atoms in total. The zero-order valence-corrected chi connectivity index (χ0v) is 10.6. The summed E-state index contributed by atoms with van der Waals surface area (Å²) in [6, 6.07) is 0. The molecule has 0 amide bonds. The van der Waals surface area contributed by atoms with Crippen LogP contribution in [0.25, 0.3) is 0 Å². The van der Waals surface area contributed by atoms with Crippen LogP contribution in [-0.4, -0.2) is 12.2 Å². The Kier molecular flexibility index (Phi) is 2.70. The highest BCUT2D eigenvalue weighted by molar-refractivity contribution is 5.16. The third kappa shape index (κ3) is 1.56. The highest BCUT2D eigenvalue weighted by atomic mass is 16.5. The van der Waals surface area contributed by atoms with E-state index in [1.54, 1.807) is 5.57 Å². The van der Waals surface area contributed by atoms with Crippen LogP contribution in [0.2, 0.25) is 0 Å². The first-order valence-corrected chi connectivity index (χ1v) is 6.36. The Morgan fingerprint density at radius 1 is 1.40 bits per heavy atom. The minimum Gasteiger partial charge on any atom is -0.374 e. The summed E-state index contributed by atoms with van der Waals surface area (Å²) in [5, 5.41) is 0. The van der Waals surface area contributed by atoms with Gasteiger partial charge in [0.05, 0.1) is 12.2 Å². The molecule has 86 valence electrons. The minimum absolute atomic E-state index is 0.173. The summed E-state index contributed by atoms with van der Waals surface area (Å²) in [7, 11) is 0. The van der Waals surface area contributed by atoms with Crippen molar-refractivity contribution in [1.82, 2.24) is 0 Å². The van der Waals surface area contributed by atoms with Crippen molar-refractivity contribution in [3.63, 3.8) is 0 Å². The minimum atomic E-state index is 0.173. The number of hydrogen-bond acceptors (Lipinski definition) is 1. The number of allylic oxidation sites excluding steroid dienone is 2. The average Bonchev–Trinajstić information content (AvgIpc) is 2.51. The van der Waals surface area contributed by atoms with E-state index in [1.807, 2.05) is 0 Å². The lowest BCUT2D eigenvalue weighted by Crippen LogP contribution is -2.40. The molecule has 1 aliphatic heterocycles. The van der Waals surface area contributed by atoms with Crippen LogP contribution in [0.3, 0.4) is 0 Å². The van der Waals surface area contributed by atoms with Crippen LogP contribution in [0.5, 0.6) is 0 Å². The predicted molar refractivity (Wildman–Crippen MR) is 63.9 cm³/mol. The number of rotatable bonds is 2. The van der Waals surface area contributed by atoms with Gasteiger partial charge in [-0.2, -0.15) is 0 Å². The molecule has 0 radical (unpaired) electrons. The monoisotopic (exact) mass is 208 g/mol. The maximum Gasteiger partial charge on any atom is 0.0714 e. The molecule has 2 rings (SSSR count). The molecule has 0 saturated carbocycles. The van der Waals surface area contributed by atoms with E-state index < -0.39 is 0 Å². The normalized spacial score (nSPS) is 38.7. The molecule has 1 heterocycles. The van der Waals surface area contributed by atoms with Gasteiger partial charge in [-0.1, -0.05) is 32.4 Å². The molecular weight excluding hydrogens is 184 g/mol. The second kappa shape index (κ2) is 3.62. The number of hydrogen-bond donors (Lipinski definition) is 0. The van der Waals surface area contributed by atoms with Gasteiger partial charge in [-0.15, -0.1) is 0 Å². The molecule has 2 atom stereocenters. The van der Waals surface area contributed by atoms with Gasteiger partial charge in [0.15, 0.2) is 0 Å². The summed E-state index contributed by atoms with van der Waals surface area (Å²) in [5.74, 6) is 0.740. The van der Waals surface area contributed by atoms with Gasteiger partial charge in [0, 0.05) is 5.41 Å². The molecule has 0 aromatic rings. The van der Waals surface area contributed by atoms with Crippen LogP contribution >= 0.6 is 0 Å². The summed E-state index contributed by atoms with van der Waals surface area (Å²) in [4.78, 5) is 0. The zero-order valence-electron chi connectivity index (χ0n) is 10.6. The van der Waals surface area contributed by atoms with E-state index in [2.05, 4.69) is 33.8 Å². The first-order chi connectivity index (χ1) is 7.06. The maximum atomic E-state index is 6.20. The van der Waals surface area contributed by atoms with Gasteiger partial charge < -0.3 is 4.74 Å². The lowest BCUT2D eigenvalue weighted by molar-refractivity contribution is -0.0276. The van der Waals surface area contributed by atoms with Gasteiger partial charge in [-0.25, -0.2) is 0 Å². The standard InChI is InChI=1S/C14H24O/c1-5-14(6-2)12-8-7-11(3)9-13(12,4)10-15-14/h7,12H,5-6,8-10H2,1-4H3. The van der Waals surface area contributed by atoms with Crippen LogP contribution in [0, 0.1) is 11.3 Å². The third-order valence-electron chi connectivity index (χ3n) is 4.75. The van der Waals surface area contributed by atoms with Crippen LogP contribution in [0.4, 0.5) is 0 Å². The Bertz CT molecular complexity index is 275. The first-order valence-electron chi connectivity index (χ1n) is 6.36. The lowest BCUT2D eigenvalue weighted by Gasteiger charge is -2.41. The molecular formula is C14H24O. The highest BCUT2D eigenvalue weighted by Gasteiger charge is 2.54. The molecule has 0 spiro atoms. The maximum absolute atomic E-state index is 6.20. The Labute approximate surface area is 93.9 Å². The average molecular weight is 208 g/mol. The second-order valence-corrected chi connectivity index (χ2v) is 5.73. The largest absolute Gasteiger partial charge is 0.374 e. The van der Waals surface area contributed by atoms with E-state index in [1.165, 1.54) is 12.8 Å². The molecule has 1 aliphatic carbocycles. The fourth-order valence-electron chi connectivity index (χ4n) is 3.79. The molecule has 0 bridgehead atoms. The molecule has 2 unspecified atom stereocenters. The summed E-state index contributed by atoms with van der Waals surface area (Å²) in [6.45, 7) is 10.2. The van der Waals surface area contributed by atoms with E-state index in [0.29, 0.717) is 5.41 Å². The van der Waals surface area contributed by atoms with Crippen LogP contribution < -0.4 is 0 Å². The fourth-order valence-corrected chi connectivity index (χ4v) is 3.79. The van der Waals surface area contributed by atoms with Crippen molar-refractivity contribution >= 4 is 0 Å². The van der Waals surface area contributed by atoms with Gasteiger partial charge in [0.2, 0.25) is 0 Å². The SMILES string of the molecule is CCC1(CC)OCC2(C)CC(C)=CCC21. The van der Waals surface area contributed by atoms with Crippen molar-refractivity contribution in [1.29, 1.82) is 0 Å². The van der Waals surface area contributed by atoms with Gasteiger partial charge in [0.25, 0.3) is 0 Å². The second-order valence-electron chi connectivity index (χ2n) is 5.73. The molecule has 0 aromatic heterocycles. The summed E-state index contributed by atoms with van der Waals surface area (Å²) in [5.41, 5.74) is 2.14.